The van der Waals surface area contributed by atoms with Crippen LogP contribution in [-0.4, -0.2) is 0 Å². The Kier molecular flexibility index (Phi) is 2.77. The first-order valence-electron chi connectivity index (χ1n) is 7.70. The summed E-state index contributed by atoms with van der Waals surface area (Å²) in [6.07, 6.45) is 12.3. The van der Waals surface area contributed by atoms with Crippen molar-refractivity contribution in [3.8, 4) is 0 Å². The summed E-state index contributed by atoms with van der Waals surface area (Å²) >= 11 is 0. The number of hydrogen-bond donors (Lipinski definition) is 0. The molecule has 20 heavy (non-hydrogen) atoms. The molecule has 1 atom stereocenters. The largest absolute Gasteiger partial charge is 0.0731 e. The van der Waals surface area contributed by atoms with E-state index >= 15 is 0 Å². The van der Waals surface area contributed by atoms with Crippen LogP contribution < -0.4 is 0 Å². The van der Waals surface area contributed by atoms with Gasteiger partial charge < -0.3 is 0 Å². The predicted octanol–water partition coefficient (Wildman–Crippen LogP) is 5.15. The Hall–Kier alpha value is -1.82. The minimum Gasteiger partial charge on any atom is -0.0731 e. The van der Waals surface area contributed by atoms with E-state index in [1.807, 2.05) is 0 Å². The molecule has 0 heteroatoms. The van der Waals surface area contributed by atoms with Crippen LogP contribution in [-0.2, 0) is 6.42 Å². The molecule has 0 aromatic heterocycles. The van der Waals surface area contributed by atoms with Crippen molar-refractivity contribution < 1.29 is 0 Å². The lowest BCUT2D eigenvalue weighted by Gasteiger charge is -2.25. The van der Waals surface area contributed by atoms with Gasteiger partial charge in [0.2, 0.25) is 0 Å². The van der Waals surface area contributed by atoms with Gasteiger partial charge in [0.05, 0.1) is 0 Å². The Morgan fingerprint density at radius 2 is 1.90 bits per heavy atom. The number of fused-ring (bicyclic) bond motifs is 2. The minimum atomic E-state index is 0.569. The number of benzene rings is 1. The van der Waals surface area contributed by atoms with Gasteiger partial charge in [0, 0.05) is 5.92 Å². The summed E-state index contributed by atoms with van der Waals surface area (Å²) in [6.45, 7) is 2.27. The molecule has 0 N–H and O–H groups in total. The van der Waals surface area contributed by atoms with E-state index in [4.69, 9.17) is 0 Å². The molecule has 0 radical (unpaired) electrons. The highest BCUT2D eigenvalue weighted by atomic mass is 14.3. The van der Waals surface area contributed by atoms with Crippen LogP contribution in [0.2, 0.25) is 0 Å². The second-order valence-electron chi connectivity index (χ2n) is 6.16. The summed E-state index contributed by atoms with van der Waals surface area (Å²) < 4.78 is 0. The lowest BCUT2D eigenvalue weighted by molar-refractivity contribution is 0.743. The second-order valence-corrected chi connectivity index (χ2v) is 6.16. The average Bonchev–Trinajstić information content (AvgIpc) is 3.07. The van der Waals surface area contributed by atoms with Crippen molar-refractivity contribution in [3.63, 3.8) is 0 Å². The van der Waals surface area contributed by atoms with E-state index in [1.54, 1.807) is 22.3 Å². The molecule has 0 bridgehead atoms. The van der Waals surface area contributed by atoms with E-state index in [2.05, 4.69) is 55.5 Å². The fraction of sp³-hybridized carbons (Fsp3) is 0.300. The summed E-state index contributed by atoms with van der Waals surface area (Å²) in [5.41, 5.74) is 9.33. The molecule has 1 aromatic rings. The van der Waals surface area contributed by atoms with Gasteiger partial charge in [-0.15, -0.1) is 0 Å². The highest BCUT2D eigenvalue weighted by Gasteiger charge is 2.30. The van der Waals surface area contributed by atoms with Crippen molar-refractivity contribution >= 4 is 0 Å². The van der Waals surface area contributed by atoms with Gasteiger partial charge in [-0.25, -0.2) is 0 Å². The molecule has 4 rings (SSSR count). The molecular weight excluding hydrogens is 240 g/mol. The van der Waals surface area contributed by atoms with Crippen LogP contribution in [0.5, 0.6) is 0 Å². The first-order chi connectivity index (χ1) is 9.83. The zero-order chi connectivity index (χ0) is 13.5. The Labute approximate surface area is 121 Å². The van der Waals surface area contributed by atoms with Gasteiger partial charge in [0.1, 0.15) is 0 Å². The Morgan fingerprint density at radius 3 is 2.75 bits per heavy atom. The quantitative estimate of drug-likeness (QED) is 0.689. The summed E-state index contributed by atoms with van der Waals surface area (Å²) in [5, 5.41) is 0. The summed E-state index contributed by atoms with van der Waals surface area (Å²) in [7, 11) is 0. The maximum atomic E-state index is 2.56. The first kappa shape index (κ1) is 12.0. The van der Waals surface area contributed by atoms with Crippen molar-refractivity contribution in [2.75, 3.05) is 0 Å². The molecule has 0 nitrogen and oxygen atoms in total. The van der Waals surface area contributed by atoms with Crippen molar-refractivity contribution in [1.82, 2.24) is 0 Å². The molecule has 1 saturated carbocycles. The van der Waals surface area contributed by atoms with Gasteiger partial charge in [-0.1, -0.05) is 48.6 Å². The third-order valence-electron chi connectivity index (χ3n) is 4.87. The normalized spacial score (nSPS) is 24.1. The third kappa shape index (κ3) is 1.83. The molecule has 0 saturated heterocycles. The lowest BCUT2D eigenvalue weighted by Crippen LogP contribution is -2.12. The van der Waals surface area contributed by atoms with Gasteiger partial charge in [-0.2, -0.15) is 0 Å². The van der Waals surface area contributed by atoms with Crippen molar-refractivity contribution in [2.45, 2.75) is 32.6 Å². The van der Waals surface area contributed by atoms with Crippen LogP contribution in [0, 0.1) is 5.92 Å². The van der Waals surface area contributed by atoms with E-state index in [0.29, 0.717) is 5.92 Å². The zero-order valence-corrected chi connectivity index (χ0v) is 12.0. The second kappa shape index (κ2) is 4.63. The number of rotatable bonds is 2. The van der Waals surface area contributed by atoms with Crippen molar-refractivity contribution in [2.24, 2.45) is 5.92 Å². The molecule has 100 valence electrons. The monoisotopic (exact) mass is 260 g/mol. The zero-order valence-electron chi connectivity index (χ0n) is 12.0. The van der Waals surface area contributed by atoms with Crippen LogP contribution in [0.25, 0.3) is 0 Å². The standard InChI is InChI=1S/C20H20/c1-14-10-11-19-18-9-5-8-16(18)13-17(20(14)19)12-15-6-3-2-4-7-15/h2-4,6-7,10-11,13,17H,5,8-9,12H2,1H3. The number of allylic oxidation sites excluding steroid dienone is 8. The van der Waals surface area contributed by atoms with Crippen molar-refractivity contribution in [1.29, 1.82) is 0 Å². The van der Waals surface area contributed by atoms with E-state index < -0.39 is 0 Å². The van der Waals surface area contributed by atoms with Gasteiger partial charge in [0.15, 0.2) is 0 Å². The highest BCUT2D eigenvalue weighted by Crippen LogP contribution is 2.46. The average molecular weight is 260 g/mol. The Bertz CT molecular complexity index is 665. The molecule has 0 heterocycles. The van der Waals surface area contributed by atoms with E-state index in [9.17, 15) is 0 Å². The molecular formula is C20H20. The topological polar surface area (TPSA) is 0 Å². The van der Waals surface area contributed by atoms with Gasteiger partial charge in [0.25, 0.3) is 0 Å². The Morgan fingerprint density at radius 1 is 1.05 bits per heavy atom. The minimum absolute atomic E-state index is 0.569. The first-order valence-corrected chi connectivity index (χ1v) is 7.70. The molecule has 1 fully saturated rings. The van der Waals surface area contributed by atoms with Crippen LogP contribution >= 0.6 is 0 Å². The number of hydrogen-bond acceptors (Lipinski definition) is 0. The van der Waals surface area contributed by atoms with E-state index in [1.165, 1.54) is 30.4 Å². The third-order valence-corrected chi connectivity index (χ3v) is 4.87. The smallest absolute Gasteiger partial charge is 0.00729 e. The van der Waals surface area contributed by atoms with Gasteiger partial charge >= 0.3 is 0 Å². The fourth-order valence-corrected chi connectivity index (χ4v) is 3.97. The molecule has 0 aliphatic heterocycles. The SMILES string of the molecule is CC1=C2C(=C3CCCC3=CC2Cc2ccccc2)C=C1. The van der Waals surface area contributed by atoms with Crippen LogP contribution in [0.1, 0.15) is 31.7 Å². The van der Waals surface area contributed by atoms with Gasteiger partial charge in [-0.3, -0.25) is 0 Å². The Balaban J connectivity index is 1.75. The van der Waals surface area contributed by atoms with Crippen LogP contribution in [0.4, 0.5) is 0 Å². The molecule has 0 spiro atoms. The highest BCUT2D eigenvalue weighted by molar-refractivity contribution is 5.64. The van der Waals surface area contributed by atoms with Gasteiger partial charge in [-0.05, 0) is 66.0 Å². The molecule has 1 unspecified atom stereocenters. The fourth-order valence-electron chi connectivity index (χ4n) is 3.97. The van der Waals surface area contributed by atoms with Crippen molar-refractivity contribution in [3.05, 3.63) is 82.0 Å². The summed E-state index contributed by atoms with van der Waals surface area (Å²) in [5.74, 6) is 0.569. The van der Waals surface area contributed by atoms with E-state index in [0.717, 1.165) is 6.42 Å². The summed E-state index contributed by atoms with van der Waals surface area (Å²) in [6, 6.07) is 10.9. The molecule has 0 amide bonds. The lowest BCUT2D eigenvalue weighted by atomic mass is 9.79. The maximum absolute atomic E-state index is 2.56. The molecule has 1 aromatic carbocycles. The summed E-state index contributed by atoms with van der Waals surface area (Å²) in [4.78, 5) is 0. The molecule has 3 aliphatic rings. The van der Waals surface area contributed by atoms with E-state index in [-0.39, 0.29) is 0 Å². The maximum Gasteiger partial charge on any atom is 0.00729 e. The van der Waals surface area contributed by atoms with Crippen LogP contribution in [0.3, 0.4) is 0 Å². The predicted molar refractivity (Wildman–Crippen MR) is 84.4 cm³/mol. The van der Waals surface area contributed by atoms with Crippen LogP contribution in [0.15, 0.2) is 76.4 Å². The molecule has 3 aliphatic carbocycles.